The fraction of sp³-hybridized carbons (Fsp3) is 0.533. The second-order valence-electron chi connectivity index (χ2n) is 5.71. The fourth-order valence-electron chi connectivity index (χ4n) is 2.64. The number of benzene rings is 1. The van der Waals surface area contributed by atoms with Crippen molar-refractivity contribution in [3.05, 3.63) is 38.9 Å². The van der Waals surface area contributed by atoms with E-state index in [1.165, 1.54) is 18.2 Å². The molecule has 2 rings (SSSR count). The molecule has 1 aliphatic rings. The molecule has 1 aromatic carbocycles. The van der Waals surface area contributed by atoms with Gasteiger partial charge in [0.05, 0.1) is 15.5 Å². The van der Waals surface area contributed by atoms with Crippen LogP contribution in [0.1, 0.15) is 29.6 Å². The number of amides is 1. The summed E-state index contributed by atoms with van der Waals surface area (Å²) in [5.41, 5.74) is 0.156. The monoisotopic (exact) mass is 325 g/mol. The van der Waals surface area contributed by atoms with Crippen LogP contribution < -0.4 is 5.32 Å². The molecule has 1 fully saturated rings. The van der Waals surface area contributed by atoms with Gasteiger partial charge in [0.1, 0.15) is 0 Å². The number of rotatable bonds is 5. The Morgan fingerprint density at radius 1 is 1.45 bits per heavy atom. The van der Waals surface area contributed by atoms with Crippen molar-refractivity contribution in [2.45, 2.75) is 19.3 Å². The lowest BCUT2D eigenvalue weighted by Crippen LogP contribution is -2.32. The van der Waals surface area contributed by atoms with Crippen LogP contribution in [0.3, 0.4) is 0 Å². The molecule has 1 amide bonds. The van der Waals surface area contributed by atoms with Crippen LogP contribution in [0.15, 0.2) is 18.2 Å². The van der Waals surface area contributed by atoms with Crippen molar-refractivity contribution in [3.63, 3.8) is 0 Å². The smallest absolute Gasteiger partial charge is 0.270 e. The summed E-state index contributed by atoms with van der Waals surface area (Å²) in [6.07, 6.45) is 3.26. The Morgan fingerprint density at radius 2 is 2.14 bits per heavy atom. The lowest BCUT2D eigenvalue weighted by Gasteiger charge is -2.28. The van der Waals surface area contributed by atoms with E-state index in [0.717, 1.165) is 32.4 Å². The second kappa shape index (κ2) is 7.56. The molecular formula is C15H20ClN3O3. The Morgan fingerprint density at radius 3 is 2.73 bits per heavy atom. The molecule has 22 heavy (non-hydrogen) atoms. The van der Waals surface area contributed by atoms with Crippen LogP contribution in [0, 0.1) is 16.0 Å². The first-order valence-electron chi connectivity index (χ1n) is 7.38. The van der Waals surface area contributed by atoms with E-state index in [-0.39, 0.29) is 22.2 Å². The Bertz CT molecular complexity index is 557. The summed E-state index contributed by atoms with van der Waals surface area (Å²) in [4.78, 5) is 24.5. The summed E-state index contributed by atoms with van der Waals surface area (Å²) in [6, 6.07) is 3.89. The van der Waals surface area contributed by atoms with E-state index >= 15 is 0 Å². The van der Waals surface area contributed by atoms with Gasteiger partial charge in [0.2, 0.25) is 0 Å². The summed E-state index contributed by atoms with van der Waals surface area (Å²) in [5.74, 6) is 0.358. The number of non-ortho nitro benzene ring substituents is 1. The maximum atomic E-state index is 12.1. The van der Waals surface area contributed by atoms with Gasteiger partial charge in [-0.05, 0) is 51.4 Å². The molecule has 1 heterocycles. The molecule has 0 saturated carbocycles. The molecule has 1 saturated heterocycles. The molecule has 0 unspecified atom stereocenters. The Balaban J connectivity index is 1.83. The molecule has 7 heteroatoms. The number of nitrogens with one attached hydrogen (secondary N) is 1. The van der Waals surface area contributed by atoms with E-state index in [4.69, 9.17) is 11.6 Å². The number of halogens is 1. The quantitative estimate of drug-likeness (QED) is 0.667. The van der Waals surface area contributed by atoms with Crippen molar-refractivity contribution in [1.29, 1.82) is 0 Å². The van der Waals surface area contributed by atoms with Gasteiger partial charge in [-0.3, -0.25) is 14.9 Å². The third-order valence-electron chi connectivity index (χ3n) is 4.08. The molecule has 0 aliphatic carbocycles. The number of hydrogen-bond acceptors (Lipinski definition) is 4. The van der Waals surface area contributed by atoms with Gasteiger partial charge in [-0.2, -0.15) is 0 Å². The highest BCUT2D eigenvalue weighted by Crippen LogP contribution is 2.23. The standard InChI is InChI=1S/C15H20ClN3O3/c1-18-8-5-11(6-9-18)4-7-17-15(20)13-3-2-12(19(21)22)10-14(13)16/h2-3,10-11H,4-9H2,1H3,(H,17,20). The highest BCUT2D eigenvalue weighted by molar-refractivity contribution is 6.34. The van der Waals surface area contributed by atoms with Crippen molar-refractivity contribution < 1.29 is 9.72 Å². The molecule has 1 aliphatic heterocycles. The van der Waals surface area contributed by atoms with E-state index in [1.807, 2.05) is 0 Å². The minimum absolute atomic E-state index is 0.103. The van der Waals surface area contributed by atoms with Crippen LogP contribution in [-0.4, -0.2) is 42.4 Å². The van der Waals surface area contributed by atoms with Crippen LogP contribution in [-0.2, 0) is 0 Å². The molecule has 1 aromatic rings. The van der Waals surface area contributed by atoms with Crippen LogP contribution in [0.5, 0.6) is 0 Å². The van der Waals surface area contributed by atoms with Gasteiger partial charge in [-0.15, -0.1) is 0 Å². The summed E-state index contributed by atoms with van der Waals surface area (Å²) in [5, 5.41) is 13.6. The molecule has 6 nitrogen and oxygen atoms in total. The van der Waals surface area contributed by atoms with Crippen LogP contribution >= 0.6 is 11.6 Å². The summed E-state index contributed by atoms with van der Waals surface area (Å²) < 4.78 is 0. The van der Waals surface area contributed by atoms with E-state index < -0.39 is 4.92 Å². The van der Waals surface area contributed by atoms with Gasteiger partial charge >= 0.3 is 0 Å². The Kier molecular flexibility index (Phi) is 5.74. The first-order chi connectivity index (χ1) is 10.5. The van der Waals surface area contributed by atoms with Crippen LogP contribution in [0.4, 0.5) is 5.69 Å². The highest BCUT2D eigenvalue weighted by atomic mass is 35.5. The molecule has 120 valence electrons. The molecule has 0 spiro atoms. The van der Waals surface area contributed by atoms with Gasteiger partial charge in [0, 0.05) is 18.7 Å². The first-order valence-corrected chi connectivity index (χ1v) is 7.76. The van der Waals surface area contributed by atoms with Crippen LogP contribution in [0.25, 0.3) is 0 Å². The van der Waals surface area contributed by atoms with Gasteiger partial charge in [0.25, 0.3) is 11.6 Å². The van der Waals surface area contributed by atoms with Gasteiger partial charge in [-0.25, -0.2) is 0 Å². The van der Waals surface area contributed by atoms with Crippen molar-refractivity contribution >= 4 is 23.2 Å². The third kappa shape index (κ3) is 4.42. The number of hydrogen-bond donors (Lipinski definition) is 1. The van der Waals surface area contributed by atoms with E-state index in [9.17, 15) is 14.9 Å². The SMILES string of the molecule is CN1CCC(CCNC(=O)c2ccc([N+](=O)[O-])cc2Cl)CC1. The lowest BCUT2D eigenvalue weighted by molar-refractivity contribution is -0.384. The average Bonchev–Trinajstić information content (AvgIpc) is 2.49. The number of nitrogens with zero attached hydrogens (tertiary/aromatic N) is 2. The molecule has 0 atom stereocenters. The summed E-state index contributed by atoms with van der Waals surface area (Å²) >= 11 is 5.94. The highest BCUT2D eigenvalue weighted by Gasteiger charge is 2.18. The topological polar surface area (TPSA) is 75.5 Å². The third-order valence-corrected chi connectivity index (χ3v) is 4.40. The minimum atomic E-state index is -0.534. The van der Waals surface area contributed by atoms with Gasteiger partial charge in [-0.1, -0.05) is 11.6 Å². The van der Waals surface area contributed by atoms with Gasteiger partial charge < -0.3 is 10.2 Å². The van der Waals surface area contributed by atoms with Crippen molar-refractivity contribution in [3.8, 4) is 0 Å². The number of carbonyl (C=O) groups excluding carboxylic acids is 1. The first kappa shape index (κ1) is 16.7. The zero-order chi connectivity index (χ0) is 16.1. The maximum absolute atomic E-state index is 12.1. The zero-order valence-corrected chi connectivity index (χ0v) is 13.3. The summed E-state index contributed by atoms with van der Waals surface area (Å²) in [7, 11) is 2.12. The fourth-order valence-corrected chi connectivity index (χ4v) is 2.90. The summed E-state index contributed by atoms with van der Waals surface area (Å²) in [6.45, 7) is 2.81. The molecule has 0 radical (unpaired) electrons. The number of carbonyl (C=O) groups is 1. The number of piperidine rings is 1. The second-order valence-corrected chi connectivity index (χ2v) is 6.12. The van der Waals surface area contributed by atoms with Crippen LogP contribution in [0.2, 0.25) is 5.02 Å². The molecule has 0 bridgehead atoms. The number of likely N-dealkylation sites (tertiary alicyclic amines) is 1. The van der Waals surface area contributed by atoms with Gasteiger partial charge in [0.15, 0.2) is 0 Å². The lowest BCUT2D eigenvalue weighted by atomic mass is 9.94. The van der Waals surface area contributed by atoms with E-state index in [2.05, 4.69) is 17.3 Å². The Labute approximate surface area is 134 Å². The predicted molar refractivity (Wildman–Crippen MR) is 85.3 cm³/mol. The largest absolute Gasteiger partial charge is 0.352 e. The predicted octanol–water partition coefficient (Wildman–Crippen LogP) is 2.71. The van der Waals surface area contributed by atoms with Crippen molar-refractivity contribution in [2.75, 3.05) is 26.7 Å². The minimum Gasteiger partial charge on any atom is -0.352 e. The number of nitro benzene ring substituents is 1. The zero-order valence-electron chi connectivity index (χ0n) is 12.5. The van der Waals surface area contributed by atoms with E-state index in [1.54, 1.807) is 0 Å². The maximum Gasteiger partial charge on any atom is 0.270 e. The average molecular weight is 326 g/mol. The molecule has 1 N–H and O–H groups in total. The normalized spacial score (nSPS) is 16.5. The molecule has 0 aromatic heterocycles. The van der Waals surface area contributed by atoms with Crippen molar-refractivity contribution in [2.24, 2.45) is 5.92 Å². The van der Waals surface area contributed by atoms with Crippen molar-refractivity contribution in [1.82, 2.24) is 10.2 Å². The number of nitro groups is 1. The van der Waals surface area contributed by atoms with E-state index in [0.29, 0.717) is 12.5 Å². The molecular weight excluding hydrogens is 306 g/mol. The Hall–Kier alpha value is -1.66.